The molecule has 2 N–H and O–H groups in total. The zero-order valence-electron chi connectivity index (χ0n) is 11.0. The second-order valence-corrected chi connectivity index (χ2v) is 4.70. The first-order valence-electron chi connectivity index (χ1n) is 6.29. The van der Waals surface area contributed by atoms with Gasteiger partial charge in [-0.05, 0) is 18.6 Å². The topological polar surface area (TPSA) is 79.8 Å². The molecule has 106 valence electrons. The third-order valence-corrected chi connectivity index (χ3v) is 3.04. The van der Waals surface area contributed by atoms with E-state index >= 15 is 0 Å². The molecule has 0 radical (unpaired) electrons. The average Bonchev–Trinajstić information content (AvgIpc) is 2.42. The molecule has 2 aromatic heterocycles. The van der Waals surface area contributed by atoms with Gasteiger partial charge in [0.25, 0.3) is 5.56 Å². The van der Waals surface area contributed by atoms with Crippen LogP contribution in [0.1, 0.15) is 19.0 Å². The van der Waals surface area contributed by atoms with Gasteiger partial charge in [-0.15, -0.1) is 0 Å². The van der Waals surface area contributed by atoms with Crippen LogP contribution >= 0.6 is 11.6 Å². The Hall–Kier alpha value is -2.08. The predicted octanol–water partition coefficient (Wildman–Crippen LogP) is 1.46. The third-order valence-electron chi connectivity index (χ3n) is 2.69. The monoisotopic (exact) mass is 294 g/mol. The highest BCUT2D eigenvalue weighted by Crippen LogP contribution is 2.17. The first-order valence-corrected chi connectivity index (χ1v) is 6.67. The molecule has 2 aromatic rings. The van der Waals surface area contributed by atoms with Crippen molar-refractivity contribution >= 4 is 17.4 Å². The van der Waals surface area contributed by atoms with E-state index < -0.39 is 11.2 Å². The highest BCUT2D eigenvalue weighted by Gasteiger charge is 2.06. The fourth-order valence-electron chi connectivity index (χ4n) is 1.68. The smallest absolute Gasteiger partial charge is 0.328 e. The van der Waals surface area contributed by atoms with E-state index in [0.717, 1.165) is 13.0 Å². The minimum Gasteiger partial charge on any atom is -0.370 e. The fourth-order valence-corrected chi connectivity index (χ4v) is 1.84. The van der Waals surface area contributed by atoms with E-state index in [2.05, 4.69) is 22.2 Å². The normalized spacial score (nSPS) is 10.5. The molecular weight excluding hydrogens is 280 g/mol. The summed E-state index contributed by atoms with van der Waals surface area (Å²) in [6.45, 7) is 3.08. The number of anilines is 1. The Kier molecular flexibility index (Phi) is 4.57. The Bertz CT molecular complexity index is 708. The molecule has 0 saturated heterocycles. The number of aromatic amines is 1. The number of hydrogen-bond donors (Lipinski definition) is 2. The maximum absolute atomic E-state index is 11.6. The van der Waals surface area contributed by atoms with Crippen LogP contribution in [0.15, 0.2) is 34.0 Å². The van der Waals surface area contributed by atoms with Gasteiger partial charge in [0.1, 0.15) is 5.82 Å². The van der Waals surface area contributed by atoms with Gasteiger partial charge in [-0.2, -0.15) is 0 Å². The quantitative estimate of drug-likeness (QED) is 0.875. The van der Waals surface area contributed by atoms with Gasteiger partial charge < -0.3 is 5.32 Å². The van der Waals surface area contributed by atoms with Crippen molar-refractivity contribution in [3.05, 3.63) is 56.0 Å². The van der Waals surface area contributed by atoms with E-state index in [-0.39, 0.29) is 6.54 Å². The predicted molar refractivity (Wildman–Crippen MR) is 78.5 cm³/mol. The van der Waals surface area contributed by atoms with Gasteiger partial charge in [0.15, 0.2) is 0 Å². The van der Waals surface area contributed by atoms with Crippen LogP contribution in [0, 0.1) is 0 Å². The summed E-state index contributed by atoms with van der Waals surface area (Å²) in [5.41, 5.74) is -0.340. The second kappa shape index (κ2) is 6.38. The molecular formula is C13H15ClN4O2. The summed E-state index contributed by atoms with van der Waals surface area (Å²) < 4.78 is 1.35. The van der Waals surface area contributed by atoms with Crippen molar-refractivity contribution in [1.29, 1.82) is 0 Å². The summed E-state index contributed by atoms with van der Waals surface area (Å²) in [6.07, 6.45) is 2.41. The van der Waals surface area contributed by atoms with E-state index in [1.54, 1.807) is 12.1 Å². The van der Waals surface area contributed by atoms with Crippen molar-refractivity contribution in [3.8, 4) is 0 Å². The van der Waals surface area contributed by atoms with Crippen LogP contribution in [-0.2, 0) is 6.54 Å². The largest absolute Gasteiger partial charge is 0.370 e. The Balaban J connectivity index is 2.27. The number of nitrogens with one attached hydrogen (secondary N) is 2. The molecule has 2 rings (SSSR count). The molecule has 20 heavy (non-hydrogen) atoms. The van der Waals surface area contributed by atoms with Gasteiger partial charge in [0.2, 0.25) is 0 Å². The summed E-state index contributed by atoms with van der Waals surface area (Å²) in [4.78, 5) is 29.2. The zero-order valence-corrected chi connectivity index (χ0v) is 11.8. The molecule has 0 atom stereocenters. The number of pyridine rings is 1. The van der Waals surface area contributed by atoms with Crippen LogP contribution in [0.2, 0.25) is 5.02 Å². The van der Waals surface area contributed by atoms with Crippen molar-refractivity contribution in [2.75, 3.05) is 11.9 Å². The lowest BCUT2D eigenvalue weighted by atomic mass is 10.3. The molecule has 0 spiro atoms. The molecule has 0 saturated carbocycles. The molecule has 2 heterocycles. The number of nitrogens with zero attached hydrogens (tertiary/aromatic N) is 2. The van der Waals surface area contributed by atoms with E-state index in [1.165, 1.54) is 16.8 Å². The van der Waals surface area contributed by atoms with E-state index in [0.29, 0.717) is 16.5 Å². The van der Waals surface area contributed by atoms with Crippen molar-refractivity contribution in [2.24, 2.45) is 0 Å². The average molecular weight is 295 g/mol. The van der Waals surface area contributed by atoms with Crippen molar-refractivity contribution in [3.63, 3.8) is 0 Å². The number of halogens is 1. The summed E-state index contributed by atoms with van der Waals surface area (Å²) in [5.74, 6) is 0.712. The first-order chi connectivity index (χ1) is 9.60. The number of rotatable bonds is 5. The van der Waals surface area contributed by atoms with Gasteiger partial charge in [0, 0.05) is 18.8 Å². The third kappa shape index (κ3) is 3.48. The van der Waals surface area contributed by atoms with Gasteiger partial charge >= 0.3 is 5.69 Å². The standard InChI is InChI=1S/C13H15ClN4O2/c1-2-6-15-11-4-3-9(14)10(16-11)8-18-7-5-12(19)17-13(18)20/h3-5,7H,2,6,8H2,1H3,(H,15,16)(H,17,19,20). The van der Waals surface area contributed by atoms with Crippen molar-refractivity contribution in [2.45, 2.75) is 19.9 Å². The second-order valence-electron chi connectivity index (χ2n) is 4.29. The molecule has 0 aromatic carbocycles. The Morgan fingerprint density at radius 1 is 1.35 bits per heavy atom. The molecule has 6 nitrogen and oxygen atoms in total. The summed E-state index contributed by atoms with van der Waals surface area (Å²) in [6, 6.07) is 4.81. The van der Waals surface area contributed by atoms with Crippen LogP contribution < -0.4 is 16.6 Å². The van der Waals surface area contributed by atoms with Crippen LogP contribution in [0.4, 0.5) is 5.82 Å². The van der Waals surface area contributed by atoms with Crippen LogP contribution in [-0.4, -0.2) is 21.1 Å². The lowest BCUT2D eigenvalue weighted by Crippen LogP contribution is -2.29. The zero-order chi connectivity index (χ0) is 14.5. The molecule has 0 bridgehead atoms. The van der Waals surface area contributed by atoms with Crippen LogP contribution in [0.25, 0.3) is 0 Å². The molecule has 0 aliphatic heterocycles. The van der Waals surface area contributed by atoms with Gasteiger partial charge in [-0.1, -0.05) is 18.5 Å². The molecule has 7 heteroatoms. The minimum atomic E-state index is -0.484. The van der Waals surface area contributed by atoms with Gasteiger partial charge in [0.05, 0.1) is 17.3 Å². The number of H-pyrrole nitrogens is 1. The van der Waals surface area contributed by atoms with E-state index in [4.69, 9.17) is 11.6 Å². The highest BCUT2D eigenvalue weighted by atomic mass is 35.5. The van der Waals surface area contributed by atoms with Crippen LogP contribution in [0.5, 0.6) is 0 Å². The SMILES string of the molecule is CCCNc1ccc(Cl)c(Cn2ccc(=O)[nH]c2=O)n1. The maximum atomic E-state index is 11.6. The molecule has 0 amide bonds. The van der Waals surface area contributed by atoms with Gasteiger partial charge in [-0.3, -0.25) is 14.3 Å². The Labute approximate surface area is 120 Å². The van der Waals surface area contributed by atoms with Crippen LogP contribution in [0.3, 0.4) is 0 Å². The summed E-state index contributed by atoms with van der Waals surface area (Å²) in [5, 5.41) is 3.63. The maximum Gasteiger partial charge on any atom is 0.328 e. The van der Waals surface area contributed by atoms with Crippen molar-refractivity contribution in [1.82, 2.24) is 14.5 Å². The molecule has 0 fully saturated rings. The highest BCUT2D eigenvalue weighted by molar-refractivity contribution is 6.31. The van der Waals surface area contributed by atoms with Gasteiger partial charge in [-0.25, -0.2) is 9.78 Å². The van der Waals surface area contributed by atoms with Crippen molar-refractivity contribution < 1.29 is 0 Å². The number of aromatic nitrogens is 3. The minimum absolute atomic E-state index is 0.204. The molecule has 0 unspecified atom stereocenters. The molecule has 0 aliphatic carbocycles. The summed E-state index contributed by atoms with van der Waals surface area (Å²) >= 11 is 6.09. The number of hydrogen-bond acceptors (Lipinski definition) is 4. The van der Waals surface area contributed by atoms with E-state index in [9.17, 15) is 9.59 Å². The first kappa shape index (κ1) is 14.3. The fraction of sp³-hybridized carbons (Fsp3) is 0.308. The summed E-state index contributed by atoms with van der Waals surface area (Å²) in [7, 11) is 0. The lowest BCUT2D eigenvalue weighted by molar-refractivity contribution is 0.705. The lowest BCUT2D eigenvalue weighted by Gasteiger charge is -2.09. The Morgan fingerprint density at radius 2 is 2.15 bits per heavy atom. The van der Waals surface area contributed by atoms with E-state index in [1.807, 2.05) is 0 Å². The molecule has 0 aliphatic rings. The Morgan fingerprint density at radius 3 is 2.85 bits per heavy atom.